The van der Waals surface area contributed by atoms with Crippen molar-refractivity contribution in [3.05, 3.63) is 54.1 Å². The summed E-state index contributed by atoms with van der Waals surface area (Å²) in [6, 6.07) is 16.5. The molecule has 0 aliphatic carbocycles. The lowest BCUT2D eigenvalue weighted by Crippen LogP contribution is -1.91. The van der Waals surface area contributed by atoms with Gasteiger partial charge in [0.2, 0.25) is 0 Å². The first-order valence-corrected chi connectivity index (χ1v) is 5.72. The Morgan fingerprint density at radius 2 is 1.39 bits per heavy atom. The summed E-state index contributed by atoms with van der Waals surface area (Å²) in [5.74, 6) is 2.27. The maximum Gasteiger partial charge on any atom is 0.127 e. The average Bonchev–Trinajstić information content (AvgIpc) is 2.42. The lowest BCUT2D eigenvalue weighted by molar-refractivity contribution is 0.339. The van der Waals surface area contributed by atoms with Crippen LogP contribution in [0.25, 0.3) is 0 Å². The smallest absolute Gasteiger partial charge is 0.127 e. The molecule has 0 aliphatic heterocycles. The zero-order chi connectivity index (χ0) is 12.8. The molecule has 2 aromatic rings. The van der Waals surface area contributed by atoms with Crippen LogP contribution in [0.1, 0.15) is 12.5 Å². The molecule has 0 saturated heterocycles. The Balaban J connectivity index is 2.06. The molecule has 0 fully saturated rings. The van der Waals surface area contributed by atoms with Crippen LogP contribution >= 0.6 is 0 Å². The predicted octanol–water partition coefficient (Wildman–Crippen LogP) is 3.75. The topological polar surface area (TPSA) is 42.2 Å². The third-order valence-corrected chi connectivity index (χ3v) is 2.35. The monoisotopic (exact) mass is 239 g/mol. The van der Waals surface area contributed by atoms with Crippen molar-refractivity contribution in [3.8, 4) is 23.3 Å². The summed E-state index contributed by atoms with van der Waals surface area (Å²) in [5, 5.41) is 8.69. The highest BCUT2D eigenvalue weighted by Gasteiger charge is 1.98. The number of hydrogen-bond acceptors (Lipinski definition) is 3. The highest BCUT2D eigenvalue weighted by Crippen LogP contribution is 2.23. The molecule has 2 aromatic carbocycles. The normalized spacial score (nSPS) is 9.56. The van der Waals surface area contributed by atoms with E-state index in [1.54, 1.807) is 24.3 Å². The van der Waals surface area contributed by atoms with E-state index in [2.05, 4.69) is 6.07 Å². The van der Waals surface area contributed by atoms with E-state index >= 15 is 0 Å². The zero-order valence-corrected chi connectivity index (χ0v) is 10.1. The van der Waals surface area contributed by atoms with Gasteiger partial charge in [-0.15, -0.1) is 0 Å². The molecule has 2 rings (SSSR count). The van der Waals surface area contributed by atoms with Crippen LogP contribution in [0.2, 0.25) is 0 Å². The van der Waals surface area contributed by atoms with E-state index in [-0.39, 0.29) is 0 Å². The summed E-state index contributed by atoms with van der Waals surface area (Å²) in [4.78, 5) is 0. The highest BCUT2D eigenvalue weighted by atomic mass is 16.5. The summed E-state index contributed by atoms with van der Waals surface area (Å²) in [7, 11) is 0. The first-order valence-electron chi connectivity index (χ1n) is 5.72. The third-order valence-electron chi connectivity index (χ3n) is 2.35. The number of hydrogen-bond donors (Lipinski definition) is 0. The number of rotatable bonds is 4. The Morgan fingerprint density at radius 3 is 1.89 bits per heavy atom. The maximum absolute atomic E-state index is 8.69. The van der Waals surface area contributed by atoms with Gasteiger partial charge in [0.25, 0.3) is 0 Å². The van der Waals surface area contributed by atoms with Gasteiger partial charge >= 0.3 is 0 Å². The standard InChI is InChI=1S/C15H13NO2/c1-2-17-13-7-9-15(10-8-13)18-14-5-3-12(11-16)4-6-14/h3-10H,2H2,1H3. The second-order valence-corrected chi connectivity index (χ2v) is 3.64. The highest BCUT2D eigenvalue weighted by molar-refractivity contribution is 5.38. The van der Waals surface area contributed by atoms with E-state index in [0.717, 1.165) is 11.5 Å². The van der Waals surface area contributed by atoms with Crippen molar-refractivity contribution in [3.63, 3.8) is 0 Å². The van der Waals surface area contributed by atoms with Crippen molar-refractivity contribution in [2.24, 2.45) is 0 Å². The first-order chi connectivity index (χ1) is 8.81. The second kappa shape index (κ2) is 5.74. The van der Waals surface area contributed by atoms with E-state index in [1.165, 1.54) is 0 Å². The molecule has 90 valence electrons. The van der Waals surface area contributed by atoms with Gasteiger partial charge in [0, 0.05) is 0 Å². The minimum Gasteiger partial charge on any atom is -0.494 e. The fraction of sp³-hybridized carbons (Fsp3) is 0.133. The van der Waals surface area contributed by atoms with Gasteiger partial charge in [0.15, 0.2) is 0 Å². The van der Waals surface area contributed by atoms with Gasteiger partial charge in [-0.3, -0.25) is 0 Å². The van der Waals surface area contributed by atoms with Crippen LogP contribution in [0, 0.1) is 11.3 Å². The van der Waals surface area contributed by atoms with E-state index < -0.39 is 0 Å². The van der Waals surface area contributed by atoms with Crippen LogP contribution in [-0.4, -0.2) is 6.61 Å². The summed E-state index contributed by atoms with van der Waals surface area (Å²) in [5.41, 5.74) is 0.619. The molecule has 18 heavy (non-hydrogen) atoms. The first kappa shape index (κ1) is 12.0. The third kappa shape index (κ3) is 3.02. The zero-order valence-electron chi connectivity index (χ0n) is 10.1. The number of benzene rings is 2. The van der Waals surface area contributed by atoms with Gasteiger partial charge in [-0.1, -0.05) is 0 Å². The molecule has 3 heteroatoms. The molecule has 0 unspecified atom stereocenters. The Morgan fingerprint density at radius 1 is 0.889 bits per heavy atom. The SMILES string of the molecule is CCOc1ccc(Oc2ccc(C#N)cc2)cc1. The molecule has 3 nitrogen and oxygen atoms in total. The number of nitrogens with zero attached hydrogens (tertiary/aromatic N) is 1. The van der Waals surface area contributed by atoms with Crippen LogP contribution in [0.3, 0.4) is 0 Å². The van der Waals surface area contributed by atoms with Crippen LogP contribution in [0.5, 0.6) is 17.2 Å². The van der Waals surface area contributed by atoms with E-state index in [4.69, 9.17) is 14.7 Å². The maximum atomic E-state index is 8.69. The minimum absolute atomic E-state index is 0.619. The van der Waals surface area contributed by atoms with Crippen LogP contribution in [-0.2, 0) is 0 Å². The van der Waals surface area contributed by atoms with Crippen molar-refractivity contribution in [1.29, 1.82) is 5.26 Å². The van der Waals surface area contributed by atoms with Crippen LogP contribution in [0.15, 0.2) is 48.5 Å². The van der Waals surface area contributed by atoms with Gasteiger partial charge in [0.05, 0.1) is 18.2 Å². The molecular formula is C15H13NO2. The van der Waals surface area contributed by atoms with Gasteiger partial charge in [-0.25, -0.2) is 0 Å². The number of nitriles is 1. The Hall–Kier alpha value is -2.47. The van der Waals surface area contributed by atoms with Crippen molar-refractivity contribution in [2.45, 2.75) is 6.92 Å². The largest absolute Gasteiger partial charge is 0.494 e. The Labute approximate surface area is 106 Å². The summed E-state index contributed by atoms with van der Waals surface area (Å²) < 4.78 is 11.0. The summed E-state index contributed by atoms with van der Waals surface area (Å²) >= 11 is 0. The van der Waals surface area contributed by atoms with Gasteiger partial charge in [0.1, 0.15) is 17.2 Å². The summed E-state index contributed by atoms with van der Waals surface area (Å²) in [6.07, 6.45) is 0. The van der Waals surface area contributed by atoms with Gasteiger partial charge in [-0.05, 0) is 55.5 Å². The van der Waals surface area contributed by atoms with Crippen molar-refractivity contribution >= 4 is 0 Å². The molecule has 0 aromatic heterocycles. The van der Waals surface area contributed by atoms with Crippen LogP contribution < -0.4 is 9.47 Å². The molecule has 0 N–H and O–H groups in total. The lowest BCUT2D eigenvalue weighted by Gasteiger charge is -2.07. The second-order valence-electron chi connectivity index (χ2n) is 3.64. The molecule has 0 aliphatic rings. The molecule has 0 bridgehead atoms. The molecule has 0 radical (unpaired) electrons. The molecule has 0 saturated carbocycles. The summed E-state index contributed by atoms with van der Waals surface area (Å²) in [6.45, 7) is 2.59. The average molecular weight is 239 g/mol. The Kier molecular flexibility index (Phi) is 3.83. The molecular weight excluding hydrogens is 226 g/mol. The fourth-order valence-corrected chi connectivity index (χ4v) is 1.50. The molecule has 0 amide bonds. The molecule has 0 heterocycles. The van der Waals surface area contributed by atoms with Crippen molar-refractivity contribution < 1.29 is 9.47 Å². The molecule has 0 spiro atoms. The minimum atomic E-state index is 0.619. The number of ether oxygens (including phenoxy) is 2. The predicted molar refractivity (Wildman–Crippen MR) is 68.8 cm³/mol. The fourth-order valence-electron chi connectivity index (χ4n) is 1.50. The van der Waals surface area contributed by atoms with E-state index in [1.807, 2.05) is 31.2 Å². The van der Waals surface area contributed by atoms with Crippen molar-refractivity contribution in [1.82, 2.24) is 0 Å². The van der Waals surface area contributed by atoms with Crippen molar-refractivity contribution in [2.75, 3.05) is 6.61 Å². The van der Waals surface area contributed by atoms with Crippen LogP contribution in [0.4, 0.5) is 0 Å². The quantitative estimate of drug-likeness (QED) is 0.816. The lowest BCUT2D eigenvalue weighted by atomic mass is 10.2. The van der Waals surface area contributed by atoms with Gasteiger partial charge < -0.3 is 9.47 Å². The van der Waals surface area contributed by atoms with Gasteiger partial charge in [-0.2, -0.15) is 5.26 Å². The molecule has 0 atom stereocenters. The van der Waals surface area contributed by atoms with E-state index in [0.29, 0.717) is 17.9 Å². The van der Waals surface area contributed by atoms with E-state index in [9.17, 15) is 0 Å². The Bertz CT molecular complexity index is 538.